The predicted molar refractivity (Wildman–Crippen MR) is 115 cm³/mol. The van der Waals surface area contributed by atoms with E-state index in [0.717, 1.165) is 24.8 Å². The average Bonchev–Trinajstić information content (AvgIpc) is 2.73. The third-order valence-corrected chi connectivity index (χ3v) is 6.36. The molecule has 146 valence electrons. The largest absolute Gasteiger partial charge is 0.497 e. The van der Waals surface area contributed by atoms with Gasteiger partial charge in [0.1, 0.15) is 5.75 Å². The lowest BCUT2D eigenvalue weighted by Gasteiger charge is -2.33. The van der Waals surface area contributed by atoms with E-state index in [2.05, 4.69) is 67.3 Å². The second-order valence-electron chi connectivity index (χ2n) is 7.82. The number of aryl methyl sites for hydroxylation is 1. The van der Waals surface area contributed by atoms with Gasteiger partial charge in [-0.05, 0) is 92.4 Å². The predicted octanol–water partition coefficient (Wildman–Crippen LogP) is 5.71. The van der Waals surface area contributed by atoms with E-state index in [0.29, 0.717) is 5.92 Å². The highest BCUT2D eigenvalue weighted by Crippen LogP contribution is 2.39. The Morgan fingerprint density at radius 2 is 1.81 bits per heavy atom. The first-order valence-corrected chi connectivity index (χ1v) is 10.7. The maximum absolute atomic E-state index is 5.52. The highest BCUT2D eigenvalue weighted by molar-refractivity contribution is 5.34. The Hall–Kier alpha value is -1.80. The minimum atomic E-state index is 0.615. The number of hydrogen-bond acceptors (Lipinski definition) is 2. The van der Waals surface area contributed by atoms with Crippen LogP contribution in [0.3, 0.4) is 0 Å². The summed E-state index contributed by atoms with van der Waals surface area (Å²) in [5.74, 6) is 2.32. The van der Waals surface area contributed by atoms with Crippen LogP contribution in [0.1, 0.15) is 55.7 Å². The van der Waals surface area contributed by atoms with E-state index in [-0.39, 0.29) is 0 Å². The monoisotopic (exact) mass is 365 g/mol. The van der Waals surface area contributed by atoms with Crippen molar-refractivity contribution in [1.82, 2.24) is 4.90 Å². The topological polar surface area (TPSA) is 12.5 Å². The van der Waals surface area contributed by atoms with Gasteiger partial charge in [0.15, 0.2) is 0 Å². The van der Waals surface area contributed by atoms with Gasteiger partial charge in [0.05, 0.1) is 7.11 Å². The Labute approximate surface area is 165 Å². The summed E-state index contributed by atoms with van der Waals surface area (Å²) in [6.45, 7) is 8.03. The zero-order valence-corrected chi connectivity index (χ0v) is 17.3. The lowest BCUT2D eigenvalue weighted by molar-refractivity contribution is 0.278. The second kappa shape index (κ2) is 9.94. The molecular formula is C25H35NO. The molecule has 1 aliphatic carbocycles. The third kappa shape index (κ3) is 5.13. The van der Waals surface area contributed by atoms with Crippen LogP contribution in [0.2, 0.25) is 0 Å². The highest BCUT2D eigenvalue weighted by Gasteiger charge is 2.27. The summed E-state index contributed by atoms with van der Waals surface area (Å²) in [5, 5.41) is 0. The third-order valence-electron chi connectivity index (χ3n) is 6.36. The molecule has 2 heteroatoms. The SMILES string of the molecule is CCN(CC)CCCC(c1cccc(OC)c1)C1CCc2ccccc2C1. The molecule has 2 aromatic rings. The van der Waals surface area contributed by atoms with Crippen molar-refractivity contribution in [3.05, 3.63) is 65.2 Å². The minimum absolute atomic E-state index is 0.615. The number of methoxy groups -OCH3 is 1. The summed E-state index contributed by atoms with van der Waals surface area (Å²) in [4.78, 5) is 2.54. The van der Waals surface area contributed by atoms with Gasteiger partial charge in [-0.15, -0.1) is 0 Å². The second-order valence-corrected chi connectivity index (χ2v) is 7.82. The number of ether oxygens (including phenoxy) is 1. The molecule has 3 rings (SSSR count). The fourth-order valence-electron chi connectivity index (χ4n) is 4.69. The molecule has 2 nitrogen and oxygen atoms in total. The molecule has 0 spiro atoms. The average molecular weight is 366 g/mol. The molecule has 0 saturated heterocycles. The molecule has 0 heterocycles. The standard InChI is InChI=1S/C25H35NO/c1-4-26(5-2)17-9-14-25(22-12-8-13-24(19-22)27-3)23-16-15-20-10-6-7-11-21(20)18-23/h6-8,10-13,19,23,25H,4-5,9,14-18H2,1-3H3. The van der Waals surface area contributed by atoms with Gasteiger partial charge in [-0.1, -0.05) is 50.2 Å². The summed E-state index contributed by atoms with van der Waals surface area (Å²) in [5.41, 5.74) is 4.57. The Kier molecular flexibility index (Phi) is 7.34. The lowest BCUT2D eigenvalue weighted by atomic mass is 9.73. The molecule has 0 fully saturated rings. The summed E-state index contributed by atoms with van der Waals surface area (Å²) >= 11 is 0. The fourth-order valence-corrected chi connectivity index (χ4v) is 4.69. The Morgan fingerprint density at radius 3 is 2.56 bits per heavy atom. The Morgan fingerprint density at radius 1 is 1.04 bits per heavy atom. The zero-order valence-electron chi connectivity index (χ0n) is 17.3. The van der Waals surface area contributed by atoms with Crippen LogP contribution in [0.4, 0.5) is 0 Å². The molecule has 0 amide bonds. The van der Waals surface area contributed by atoms with Crippen LogP contribution < -0.4 is 4.74 Å². The molecule has 27 heavy (non-hydrogen) atoms. The first kappa shape index (κ1) is 19.9. The van der Waals surface area contributed by atoms with Gasteiger partial charge < -0.3 is 9.64 Å². The molecule has 0 radical (unpaired) electrons. The van der Waals surface area contributed by atoms with E-state index < -0.39 is 0 Å². The van der Waals surface area contributed by atoms with Crippen LogP contribution in [0.5, 0.6) is 5.75 Å². The van der Waals surface area contributed by atoms with Gasteiger partial charge in [-0.25, -0.2) is 0 Å². The van der Waals surface area contributed by atoms with E-state index >= 15 is 0 Å². The number of nitrogens with zero attached hydrogens (tertiary/aromatic N) is 1. The molecule has 1 aliphatic rings. The molecule has 2 aromatic carbocycles. The number of hydrogen-bond donors (Lipinski definition) is 0. The van der Waals surface area contributed by atoms with E-state index in [1.807, 2.05) is 0 Å². The quantitative estimate of drug-likeness (QED) is 0.565. The van der Waals surface area contributed by atoms with Crippen molar-refractivity contribution in [1.29, 1.82) is 0 Å². The van der Waals surface area contributed by atoms with Crippen molar-refractivity contribution < 1.29 is 4.74 Å². The van der Waals surface area contributed by atoms with Crippen LogP contribution in [-0.2, 0) is 12.8 Å². The zero-order chi connectivity index (χ0) is 19.1. The first-order chi connectivity index (χ1) is 13.2. The summed E-state index contributed by atoms with van der Waals surface area (Å²) < 4.78 is 5.52. The van der Waals surface area contributed by atoms with Crippen LogP contribution in [-0.4, -0.2) is 31.6 Å². The van der Waals surface area contributed by atoms with Crippen LogP contribution in [0.25, 0.3) is 0 Å². The molecule has 0 saturated carbocycles. The van der Waals surface area contributed by atoms with E-state index in [9.17, 15) is 0 Å². The van der Waals surface area contributed by atoms with Gasteiger partial charge in [-0.3, -0.25) is 0 Å². The van der Waals surface area contributed by atoms with Gasteiger partial charge in [0.2, 0.25) is 0 Å². The molecule has 2 unspecified atom stereocenters. The van der Waals surface area contributed by atoms with E-state index in [1.165, 1.54) is 44.2 Å². The van der Waals surface area contributed by atoms with Crippen molar-refractivity contribution in [3.63, 3.8) is 0 Å². The van der Waals surface area contributed by atoms with Crippen molar-refractivity contribution in [3.8, 4) is 5.75 Å². The highest BCUT2D eigenvalue weighted by atomic mass is 16.5. The number of fused-ring (bicyclic) bond motifs is 1. The van der Waals surface area contributed by atoms with Crippen LogP contribution in [0, 0.1) is 5.92 Å². The maximum Gasteiger partial charge on any atom is 0.119 e. The van der Waals surface area contributed by atoms with Crippen LogP contribution in [0.15, 0.2) is 48.5 Å². The summed E-state index contributed by atoms with van der Waals surface area (Å²) in [6, 6.07) is 17.8. The molecule has 0 aliphatic heterocycles. The first-order valence-electron chi connectivity index (χ1n) is 10.7. The van der Waals surface area contributed by atoms with Gasteiger partial charge in [0, 0.05) is 0 Å². The molecule has 0 aromatic heterocycles. The van der Waals surface area contributed by atoms with Crippen molar-refractivity contribution in [2.75, 3.05) is 26.7 Å². The molecule has 0 N–H and O–H groups in total. The van der Waals surface area contributed by atoms with Gasteiger partial charge >= 0.3 is 0 Å². The summed E-state index contributed by atoms with van der Waals surface area (Å²) in [7, 11) is 1.77. The molecule has 2 atom stereocenters. The fraction of sp³-hybridized carbons (Fsp3) is 0.520. The maximum atomic E-state index is 5.52. The van der Waals surface area contributed by atoms with E-state index in [1.54, 1.807) is 18.2 Å². The van der Waals surface area contributed by atoms with E-state index in [4.69, 9.17) is 4.74 Å². The summed E-state index contributed by atoms with van der Waals surface area (Å²) in [6.07, 6.45) is 6.25. The van der Waals surface area contributed by atoms with Crippen molar-refractivity contribution in [2.24, 2.45) is 5.92 Å². The number of benzene rings is 2. The Bertz CT molecular complexity index is 707. The van der Waals surface area contributed by atoms with Gasteiger partial charge in [-0.2, -0.15) is 0 Å². The smallest absolute Gasteiger partial charge is 0.119 e. The molecule has 0 bridgehead atoms. The minimum Gasteiger partial charge on any atom is -0.497 e. The normalized spacial score (nSPS) is 17.6. The van der Waals surface area contributed by atoms with Crippen molar-refractivity contribution in [2.45, 2.75) is 51.9 Å². The lowest BCUT2D eigenvalue weighted by Crippen LogP contribution is -2.26. The van der Waals surface area contributed by atoms with Crippen molar-refractivity contribution >= 4 is 0 Å². The number of rotatable bonds is 9. The molecular weight excluding hydrogens is 330 g/mol. The van der Waals surface area contributed by atoms with Gasteiger partial charge in [0.25, 0.3) is 0 Å². The Balaban J connectivity index is 1.77. The van der Waals surface area contributed by atoms with Crippen LogP contribution >= 0.6 is 0 Å².